The fourth-order valence-electron chi connectivity index (χ4n) is 5.77. The lowest BCUT2D eigenvalue weighted by Crippen LogP contribution is -2.40. The van der Waals surface area contributed by atoms with Crippen molar-refractivity contribution in [3.63, 3.8) is 0 Å². The van der Waals surface area contributed by atoms with E-state index in [4.69, 9.17) is 19.2 Å². The van der Waals surface area contributed by atoms with Crippen LogP contribution < -0.4 is 24.4 Å². The maximum atomic E-state index is 14.4. The van der Waals surface area contributed by atoms with Crippen LogP contribution in [0.15, 0.2) is 69.6 Å². The predicted molar refractivity (Wildman–Crippen MR) is 172 cm³/mol. The number of aromatic nitrogens is 1. The zero-order chi connectivity index (χ0) is 30.8. The van der Waals surface area contributed by atoms with E-state index in [-0.39, 0.29) is 18.1 Å². The monoisotopic (exact) mass is 598 g/mol. The van der Waals surface area contributed by atoms with Crippen LogP contribution in [0.2, 0.25) is 0 Å². The van der Waals surface area contributed by atoms with Gasteiger partial charge in [0, 0.05) is 5.56 Å². The average Bonchev–Trinajstić information content (AvgIpc) is 3.30. The Labute approximate surface area is 255 Å². The Morgan fingerprint density at radius 2 is 1.81 bits per heavy atom. The highest BCUT2D eigenvalue weighted by molar-refractivity contribution is 7.07. The van der Waals surface area contributed by atoms with Gasteiger partial charge in [0.1, 0.15) is 17.5 Å². The number of ether oxygens (including phenoxy) is 3. The van der Waals surface area contributed by atoms with Crippen molar-refractivity contribution in [2.24, 2.45) is 4.99 Å². The highest BCUT2D eigenvalue weighted by Crippen LogP contribution is 2.41. The minimum Gasteiger partial charge on any atom is -0.496 e. The Bertz CT molecular complexity index is 1910. The number of hydrogen-bond donors (Lipinski definition) is 0. The van der Waals surface area contributed by atoms with Gasteiger partial charge in [-0.05, 0) is 77.9 Å². The lowest BCUT2D eigenvalue weighted by Gasteiger charge is -2.28. The summed E-state index contributed by atoms with van der Waals surface area (Å²) in [5.74, 6) is 1.19. The number of thiazole rings is 1. The van der Waals surface area contributed by atoms with E-state index in [2.05, 4.69) is 19.9 Å². The van der Waals surface area contributed by atoms with Gasteiger partial charge in [0.05, 0.1) is 36.6 Å². The van der Waals surface area contributed by atoms with Crippen molar-refractivity contribution in [3.8, 4) is 11.5 Å². The smallest absolute Gasteiger partial charge is 0.338 e. The summed E-state index contributed by atoms with van der Waals surface area (Å²) in [6.07, 6.45) is 3.27. The van der Waals surface area contributed by atoms with Crippen LogP contribution in [-0.4, -0.2) is 31.4 Å². The number of fused-ring (bicyclic) bond motifs is 2. The molecule has 1 aromatic heterocycles. The van der Waals surface area contributed by atoms with Crippen molar-refractivity contribution >= 4 is 34.2 Å². The molecule has 0 radical (unpaired) electrons. The average molecular weight is 599 g/mol. The van der Waals surface area contributed by atoms with E-state index in [1.807, 2.05) is 62.4 Å². The number of rotatable bonds is 9. The Kier molecular flexibility index (Phi) is 8.87. The van der Waals surface area contributed by atoms with Gasteiger partial charge in [0.2, 0.25) is 0 Å². The summed E-state index contributed by atoms with van der Waals surface area (Å²) in [4.78, 5) is 33.6. The summed E-state index contributed by atoms with van der Waals surface area (Å²) in [7, 11) is 3.28. The molecule has 8 heteroatoms. The van der Waals surface area contributed by atoms with Gasteiger partial charge >= 0.3 is 5.97 Å². The molecule has 1 aliphatic rings. The second kappa shape index (κ2) is 12.6. The van der Waals surface area contributed by atoms with Crippen molar-refractivity contribution in [1.82, 2.24) is 4.57 Å². The van der Waals surface area contributed by atoms with E-state index in [1.165, 1.54) is 11.3 Å². The van der Waals surface area contributed by atoms with Crippen LogP contribution in [0.25, 0.3) is 16.8 Å². The minimum absolute atomic E-state index is 0.209. The molecule has 1 aliphatic heterocycles. The largest absolute Gasteiger partial charge is 0.496 e. The van der Waals surface area contributed by atoms with Gasteiger partial charge in [-0.25, -0.2) is 9.79 Å². The summed E-state index contributed by atoms with van der Waals surface area (Å²) >= 11 is 1.33. The van der Waals surface area contributed by atoms with Gasteiger partial charge in [-0.3, -0.25) is 9.36 Å². The highest BCUT2D eigenvalue weighted by Gasteiger charge is 2.37. The number of benzene rings is 3. The van der Waals surface area contributed by atoms with Crippen molar-refractivity contribution < 1.29 is 19.0 Å². The summed E-state index contributed by atoms with van der Waals surface area (Å²) < 4.78 is 19.3. The molecule has 2 heterocycles. The summed E-state index contributed by atoms with van der Waals surface area (Å²) in [5, 5.41) is 1.88. The molecule has 0 N–H and O–H groups in total. The summed E-state index contributed by atoms with van der Waals surface area (Å²) in [5.41, 5.74) is 4.53. The molecular formula is C35H38N2O5S. The molecule has 43 heavy (non-hydrogen) atoms. The Morgan fingerprint density at radius 1 is 1.07 bits per heavy atom. The Morgan fingerprint density at radius 3 is 2.49 bits per heavy atom. The topological polar surface area (TPSA) is 79.1 Å². The van der Waals surface area contributed by atoms with Gasteiger partial charge in [-0.15, -0.1) is 0 Å². The van der Waals surface area contributed by atoms with E-state index in [0.29, 0.717) is 32.8 Å². The first kappa shape index (κ1) is 30.3. The number of carbonyl (C=O) groups excluding carboxylic acids is 1. The molecule has 0 unspecified atom stereocenters. The molecule has 4 aromatic rings. The van der Waals surface area contributed by atoms with Gasteiger partial charge < -0.3 is 14.2 Å². The normalized spacial score (nSPS) is 15.1. The van der Waals surface area contributed by atoms with Crippen LogP contribution >= 0.6 is 11.3 Å². The molecule has 224 valence electrons. The summed E-state index contributed by atoms with van der Waals surface area (Å²) in [6.45, 7) is 10.3. The van der Waals surface area contributed by atoms with Gasteiger partial charge in [0.25, 0.3) is 5.56 Å². The van der Waals surface area contributed by atoms with Crippen molar-refractivity contribution in [3.05, 3.63) is 102 Å². The molecule has 0 amide bonds. The van der Waals surface area contributed by atoms with E-state index in [1.54, 1.807) is 25.7 Å². The fourth-order valence-corrected chi connectivity index (χ4v) is 6.78. The molecule has 0 fully saturated rings. The van der Waals surface area contributed by atoms with E-state index in [0.717, 1.165) is 45.2 Å². The van der Waals surface area contributed by atoms with Crippen LogP contribution in [0.1, 0.15) is 74.8 Å². The van der Waals surface area contributed by atoms with Crippen molar-refractivity contribution in [2.75, 3.05) is 20.8 Å². The summed E-state index contributed by atoms with van der Waals surface area (Å²) in [6, 6.07) is 15.1. The molecule has 0 saturated carbocycles. The zero-order valence-corrected chi connectivity index (χ0v) is 26.6. The number of carbonyl (C=O) groups is 1. The van der Waals surface area contributed by atoms with Gasteiger partial charge in [-0.2, -0.15) is 0 Å². The van der Waals surface area contributed by atoms with E-state index < -0.39 is 12.0 Å². The third-order valence-electron chi connectivity index (χ3n) is 7.84. The van der Waals surface area contributed by atoms with Crippen LogP contribution in [0.5, 0.6) is 11.5 Å². The van der Waals surface area contributed by atoms with E-state index in [9.17, 15) is 9.59 Å². The first-order valence-electron chi connectivity index (χ1n) is 14.7. The molecule has 1 atom stereocenters. The Balaban J connectivity index is 1.86. The van der Waals surface area contributed by atoms with Crippen LogP contribution in [-0.2, 0) is 9.53 Å². The number of esters is 1. The van der Waals surface area contributed by atoms with Crippen LogP contribution in [0, 0.1) is 6.92 Å². The molecule has 0 aliphatic carbocycles. The number of hydrogen-bond acceptors (Lipinski definition) is 7. The molecule has 0 bridgehead atoms. The highest BCUT2D eigenvalue weighted by atomic mass is 32.1. The molecule has 3 aromatic carbocycles. The second-order valence-corrected chi connectivity index (χ2v) is 11.9. The van der Waals surface area contributed by atoms with Gasteiger partial charge in [-0.1, -0.05) is 68.9 Å². The minimum atomic E-state index is -0.775. The third kappa shape index (κ3) is 5.52. The second-order valence-electron chi connectivity index (χ2n) is 10.9. The number of aryl methyl sites for hydroxylation is 1. The quantitative estimate of drug-likeness (QED) is 0.215. The van der Waals surface area contributed by atoms with Crippen LogP contribution in [0.3, 0.4) is 0 Å². The first-order valence-corrected chi connectivity index (χ1v) is 15.5. The van der Waals surface area contributed by atoms with Crippen LogP contribution in [0.4, 0.5) is 0 Å². The third-order valence-corrected chi connectivity index (χ3v) is 8.83. The fraction of sp³-hybridized carbons (Fsp3) is 0.343. The Hall–Kier alpha value is -4.17. The number of allylic oxidation sites excluding steroid dienone is 1. The SMILES string of the molecule is CCCC1=C(C(=O)OCC)[C@H](c2c(OC)ccc3ccccc23)n2c(s/c(=C/c3cc(C(C)C)c(OC)cc3C)c2=O)=N1. The molecule has 0 spiro atoms. The number of methoxy groups -OCH3 is 2. The number of nitrogens with zero attached hydrogens (tertiary/aromatic N) is 2. The lowest BCUT2D eigenvalue weighted by molar-refractivity contribution is -0.139. The molecular weight excluding hydrogens is 560 g/mol. The standard InChI is InChI=1S/C35H38N2O5S/c1-8-12-26-31(34(39)42-9-2)32(30-24-14-11-10-13-22(24)15-16-27(30)40-6)37-33(38)29(43-35(37)36-26)19-23-18-25(20(3)4)28(41-7)17-21(23)5/h10-11,13-20,32H,8-9,12H2,1-7H3/b29-19+/t32-/m0/s1. The maximum Gasteiger partial charge on any atom is 0.338 e. The van der Waals surface area contributed by atoms with Crippen molar-refractivity contribution in [1.29, 1.82) is 0 Å². The lowest BCUT2D eigenvalue weighted by atomic mass is 9.90. The van der Waals surface area contributed by atoms with Crippen molar-refractivity contribution in [2.45, 2.75) is 59.4 Å². The van der Waals surface area contributed by atoms with Gasteiger partial charge in [0.15, 0.2) is 4.80 Å². The maximum absolute atomic E-state index is 14.4. The predicted octanol–water partition coefficient (Wildman–Crippen LogP) is 6.18. The molecule has 7 nitrogen and oxygen atoms in total. The molecule has 5 rings (SSSR count). The zero-order valence-electron chi connectivity index (χ0n) is 25.8. The molecule has 0 saturated heterocycles. The first-order chi connectivity index (χ1) is 20.7. The van der Waals surface area contributed by atoms with E-state index >= 15 is 0 Å².